The van der Waals surface area contributed by atoms with Gasteiger partial charge in [0.25, 0.3) is 0 Å². The second-order valence-corrected chi connectivity index (χ2v) is 16.9. The zero-order valence-electron chi connectivity index (χ0n) is 35.7. The number of esters is 2. The summed E-state index contributed by atoms with van der Waals surface area (Å²) in [6.07, 6.45) is 29.6. The molecule has 1 aliphatic carbocycles. The van der Waals surface area contributed by atoms with Crippen LogP contribution in [0, 0.1) is 11.8 Å². The van der Waals surface area contributed by atoms with Crippen molar-refractivity contribution < 1.29 is 62.8 Å². The molecule has 1 unspecified atom stereocenters. The van der Waals surface area contributed by atoms with Gasteiger partial charge in [-0.2, -0.15) is 0 Å². The summed E-state index contributed by atoms with van der Waals surface area (Å²) >= 11 is 0. The number of carboxylic acids is 1. The first-order chi connectivity index (χ1) is 28.3. The predicted molar refractivity (Wildman–Crippen MR) is 228 cm³/mol. The first-order valence-corrected chi connectivity index (χ1v) is 23.4. The van der Waals surface area contributed by atoms with Crippen molar-refractivity contribution in [2.75, 3.05) is 19.8 Å². The van der Waals surface area contributed by atoms with Gasteiger partial charge in [0.1, 0.15) is 12.6 Å². The summed E-state index contributed by atoms with van der Waals surface area (Å²) in [6, 6.07) is -1.56. The zero-order chi connectivity index (χ0) is 43.7. The molecule has 1 saturated carbocycles. The molecule has 0 aromatic rings. The monoisotopic (exact) mass is 858 g/mol. The van der Waals surface area contributed by atoms with Crippen LogP contribution in [0.3, 0.4) is 0 Å². The number of hydrogen-bond donors (Lipinski definition) is 6. The number of aliphatic hydroxyl groups excluding tert-OH is 3. The minimum atomic E-state index is -4.78. The maximum absolute atomic E-state index is 12.6. The number of allylic oxidation sites excluding steroid dienone is 6. The topological polar surface area (TPSA) is 232 Å². The lowest BCUT2D eigenvalue weighted by Gasteiger charge is -2.21. The third-order valence-electron chi connectivity index (χ3n) is 10.1. The van der Waals surface area contributed by atoms with E-state index in [1.54, 1.807) is 6.08 Å². The van der Waals surface area contributed by atoms with Crippen LogP contribution >= 0.6 is 7.82 Å². The van der Waals surface area contributed by atoms with Crippen LogP contribution in [-0.4, -0.2) is 93.5 Å². The van der Waals surface area contributed by atoms with Crippen molar-refractivity contribution in [2.24, 2.45) is 17.6 Å². The van der Waals surface area contributed by atoms with Gasteiger partial charge < -0.3 is 40.5 Å². The number of hydrogen-bond acceptors (Lipinski definition) is 12. The summed E-state index contributed by atoms with van der Waals surface area (Å²) in [4.78, 5) is 46.2. The summed E-state index contributed by atoms with van der Waals surface area (Å²) in [5, 5.41) is 40.2. The van der Waals surface area contributed by atoms with Crippen LogP contribution in [0.25, 0.3) is 0 Å². The number of rotatable bonds is 36. The maximum atomic E-state index is 12.6. The molecule has 15 heteroatoms. The zero-order valence-corrected chi connectivity index (χ0v) is 36.6. The molecule has 1 rings (SSSR count). The summed E-state index contributed by atoms with van der Waals surface area (Å²) < 4.78 is 32.6. The van der Waals surface area contributed by atoms with Gasteiger partial charge in [-0.1, -0.05) is 114 Å². The normalized spacial score (nSPS) is 21.1. The highest BCUT2D eigenvalue weighted by molar-refractivity contribution is 7.47. The van der Waals surface area contributed by atoms with E-state index in [1.807, 2.05) is 6.08 Å². The highest BCUT2D eigenvalue weighted by Crippen LogP contribution is 2.43. The summed E-state index contributed by atoms with van der Waals surface area (Å²) in [6.45, 7) is 2.41. The van der Waals surface area contributed by atoms with Gasteiger partial charge in [0, 0.05) is 25.2 Å². The Morgan fingerprint density at radius 2 is 1.32 bits per heavy atom. The first kappa shape index (κ1) is 54.3. The van der Waals surface area contributed by atoms with Gasteiger partial charge in [0.2, 0.25) is 0 Å². The Morgan fingerprint density at radius 1 is 0.746 bits per heavy atom. The fraction of sp³-hybridized carbons (Fsp3) is 0.750. The lowest BCUT2D eigenvalue weighted by atomic mass is 9.88. The highest BCUT2D eigenvalue weighted by atomic mass is 31.2. The van der Waals surface area contributed by atoms with Gasteiger partial charge in [0.05, 0.1) is 31.5 Å². The second-order valence-electron chi connectivity index (χ2n) is 15.4. The van der Waals surface area contributed by atoms with E-state index in [9.17, 15) is 39.2 Å². The summed E-state index contributed by atoms with van der Waals surface area (Å²) in [7, 11) is -4.78. The minimum Gasteiger partial charge on any atom is -0.480 e. The Kier molecular flexibility index (Phi) is 31.3. The number of phosphoric acid groups is 1. The van der Waals surface area contributed by atoms with Crippen molar-refractivity contribution in [2.45, 2.75) is 179 Å². The third kappa shape index (κ3) is 28.5. The van der Waals surface area contributed by atoms with E-state index in [2.05, 4.69) is 54.8 Å². The van der Waals surface area contributed by atoms with Crippen molar-refractivity contribution in [1.29, 1.82) is 0 Å². The molecule has 340 valence electrons. The molecule has 0 bridgehead atoms. The molecular weight excluding hydrogens is 781 g/mol. The smallest absolute Gasteiger partial charge is 0.472 e. The van der Waals surface area contributed by atoms with Crippen LogP contribution in [0.2, 0.25) is 0 Å². The van der Waals surface area contributed by atoms with Crippen LogP contribution < -0.4 is 5.73 Å². The highest BCUT2D eigenvalue weighted by Gasteiger charge is 2.39. The van der Waals surface area contributed by atoms with Gasteiger partial charge in [-0.15, -0.1) is 0 Å². The quantitative estimate of drug-likeness (QED) is 0.0153. The van der Waals surface area contributed by atoms with Crippen LogP contribution in [0.1, 0.15) is 149 Å². The molecule has 0 saturated heterocycles. The molecule has 0 spiro atoms. The number of nitrogens with two attached hydrogens (primary N) is 1. The molecule has 0 aliphatic heterocycles. The lowest BCUT2D eigenvalue weighted by molar-refractivity contribution is -0.161. The molecule has 14 nitrogen and oxygen atoms in total. The summed E-state index contributed by atoms with van der Waals surface area (Å²) in [5.41, 5.74) is 5.33. The largest absolute Gasteiger partial charge is 0.480 e. The van der Waals surface area contributed by atoms with Gasteiger partial charge in [-0.3, -0.25) is 23.4 Å². The molecule has 59 heavy (non-hydrogen) atoms. The van der Waals surface area contributed by atoms with Crippen LogP contribution in [0.15, 0.2) is 48.6 Å². The first-order valence-electron chi connectivity index (χ1n) is 21.9. The summed E-state index contributed by atoms with van der Waals surface area (Å²) in [5.74, 6) is -2.94. The van der Waals surface area contributed by atoms with E-state index in [1.165, 1.54) is 19.3 Å². The fourth-order valence-electron chi connectivity index (χ4n) is 6.64. The number of carbonyl (C=O) groups excluding carboxylic acids is 2. The Morgan fingerprint density at radius 3 is 1.98 bits per heavy atom. The Labute approximate surface area is 352 Å². The van der Waals surface area contributed by atoms with Gasteiger partial charge in [-0.25, -0.2) is 4.57 Å². The van der Waals surface area contributed by atoms with E-state index in [0.717, 1.165) is 64.2 Å². The number of carbonyl (C=O) groups is 3. The molecule has 0 aromatic heterocycles. The third-order valence-corrected chi connectivity index (χ3v) is 11.1. The molecule has 0 radical (unpaired) electrons. The molecule has 1 aliphatic rings. The molecule has 8 atom stereocenters. The van der Waals surface area contributed by atoms with E-state index in [4.69, 9.17) is 24.8 Å². The number of aliphatic hydroxyl groups is 3. The van der Waals surface area contributed by atoms with Crippen LogP contribution in [0.4, 0.5) is 0 Å². The number of ether oxygens (including phenoxy) is 2. The Balaban J connectivity index is 2.51. The van der Waals surface area contributed by atoms with Crippen molar-refractivity contribution in [1.82, 2.24) is 0 Å². The van der Waals surface area contributed by atoms with Crippen molar-refractivity contribution in [3.63, 3.8) is 0 Å². The Hall–Kier alpha value is -2.68. The molecular formula is C44H76NO13P. The average molecular weight is 858 g/mol. The van der Waals surface area contributed by atoms with Crippen LogP contribution in [-0.2, 0) is 37.5 Å². The maximum Gasteiger partial charge on any atom is 0.472 e. The van der Waals surface area contributed by atoms with Gasteiger partial charge in [-0.05, 0) is 70.1 Å². The standard InChI is InChI=1S/C44H76NO13P/c1-3-5-7-8-9-10-11-12-13-14-15-16-17-18-24-28-43(50)58-36(33-56-59(53,54)57-34-39(45)44(51)52)32-55-42(49)27-23-20-19-22-26-37-38(41(48)31-40(37)47)30-29-35(46)25-21-6-4-2/h9-10,12-13,15-16,29-30,35-41,46-48H,3-8,11,14,17-28,31-34,45H2,1-2H3,(H,51,52)(H,53,54)/b10-9-,13-12-,16-15-,30-29+/t35-,36+,37+,38+,39-,40-,41+/m0/s1. The molecule has 0 amide bonds. The molecule has 7 N–H and O–H groups in total. The number of phosphoric ester groups is 1. The average Bonchev–Trinajstić information content (AvgIpc) is 3.47. The van der Waals surface area contributed by atoms with Crippen molar-refractivity contribution in [3.05, 3.63) is 48.6 Å². The van der Waals surface area contributed by atoms with Crippen LogP contribution in [0.5, 0.6) is 0 Å². The molecule has 0 heterocycles. The fourth-order valence-corrected chi connectivity index (χ4v) is 7.42. The van der Waals surface area contributed by atoms with Gasteiger partial charge in [0.15, 0.2) is 6.10 Å². The number of unbranched alkanes of at least 4 members (excludes halogenated alkanes) is 10. The predicted octanol–water partition coefficient (Wildman–Crippen LogP) is 7.77. The SMILES string of the molecule is CCCCC/C=C\C/C=C\C/C=C\CCCCC(=O)O[C@H](COC(=O)CCCCCC[C@@H]1[C@@H](/C=C/[C@@H](O)CCCCC)[C@H](O)C[C@@H]1O)COP(=O)(O)OC[C@H](N)C(=O)O. The van der Waals surface area contributed by atoms with E-state index in [0.29, 0.717) is 38.5 Å². The number of carboxylic acid groups (broad SMARTS) is 1. The lowest BCUT2D eigenvalue weighted by Crippen LogP contribution is -2.34. The number of aliphatic carboxylic acids is 1. The van der Waals surface area contributed by atoms with E-state index >= 15 is 0 Å². The van der Waals surface area contributed by atoms with Crippen molar-refractivity contribution >= 4 is 25.7 Å². The molecule has 1 fully saturated rings. The van der Waals surface area contributed by atoms with E-state index in [-0.39, 0.29) is 24.7 Å². The van der Waals surface area contributed by atoms with Gasteiger partial charge >= 0.3 is 25.7 Å². The van der Waals surface area contributed by atoms with E-state index < -0.39 is 76.0 Å². The molecule has 0 aromatic carbocycles. The Bertz CT molecular complexity index is 1310. The van der Waals surface area contributed by atoms with Crippen molar-refractivity contribution in [3.8, 4) is 0 Å². The minimum absolute atomic E-state index is 0.0679. The second kappa shape index (κ2) is 34.0.